The van der Waals surface area contributed by atoms with Gasteiger partial charge in [-0.25, -0.2) is 8.42 Å². The summed E-state index contributed by atoms with van der Waals surface area (Å²) in [6, 6.07) is 11.9. The number of hydrogen-bond donors (Lipinski definition) is 1. The molecule has 0 aromatic heterocycles. The number of carbonyl (C=O) groups excluding carboxylic acids is 1. The van der Waals surface area contributed by atoms with Crippen LogP contribution >= 0.6 is 23.2 Å². The van der Waals surface area contributed by atoms with Gasteiger partial charge < -0.3 is 4.90 Å². The van der Waals surface area contributed by atoms with Gasteiger partial charge in [-0.05, 0) is 43.3 Å². The lowest BCUT2D eigenvalue weighted by Gasteiger charge is -2.23. The van der Waals surface area contributed by atoms with Crippen LogP contribution in [0, 0.1) is 11.3 Å². The maximum absolute atomic E-state index is 12.5. The minimum absolute atomic E-state index is 0.0478. The van der Waals surface area contributed by atoms with Crippen LogP contribution in [0.5, 0.6) is 0 Å². The molecule has 0 heterocycles. The van der Waals surface area contributed by atoms with Crippen LogP contribution < -0.4 is 4.72 Å². The highest BCUT2D eigenvalue weighted by Crippen LogP contribution is 2.26. The maximum Gasteiger partial charge on any atom is 0.261 e. The molecule has 1 amide bonds. The predicted molar refractivity (Wildman–Crippen MR) is 105 cm³/mol. The van der Waals surface area contributed by atoms with E-state index in [1.807, 2.05) is 6.07 Å². The van der Waals surface area contributed by atoms with Gasteiger partial charge in [-0.3, -0.25) is 9.52 Å². The third-order valence-electron chi connectivity index (χ3n) is 3.93. The van der Waals surface area contributed by atoms with Crippen molar-refractivity contribution in [2.75, 3.05) is 11.8 Å². The molecule has 0 aliphatic rings. The van der Waals surface area contributed by atoms with Crippen molar-refractivity contribution in [3.05, 3.63) is 58.1 Å². The first-order chi connectivity index (χ1) is 12.7. The third kappa shape index (κ3) is 5.13. The molecule has 0 spiro atoms. The molecule has 0 saturated heterocycles. The number of amides is 1. The number of halogens is 2. The highest BCUT2D eigenvalue weighted by molar-refractivity contribution is 7.92. The molecule has 0 bridgehead atoms. The third-order valence-corrected chi connectivity index (χ3v) is 6.05. The minimum atomic E-state index is -3.90. The molecule has 0 saturated carbocycles. The Morgan fingerprint density at radius 1 is 1.22 bits per heavy atom. The van der Waals surface area contributed by atoms with E-state index in [-0.39, 0.29) is 39.0 Å². The molecule has 1 unspecified atom stereocenters. The van der Waals surface area contributed by atoms with Crippen LogP contribution in [0.3, 0.4) is 0 Å². The van der Waals surface area contributed by atoms with Crippen LogP contribution in [-0.2, 0) is 10.0 Å². The van der Waals surface area contributed by atoms with Gasteiger partial charge in [-0.15, -0.1) is 0 Å². The van der Waals surface area contributed by atoms with Gasteiger partial charge in [-0.1, -0.05) is 29.3 Å². The molecular weight excluding hydrogens is 409 g/mol. The second-order valence-electron chi connectivity index (χ2n) is 5.89. The zero-order valence-corrected chi connectivity index (χ0v) is 16.9. The molecule has 2 aromatic carbocycles. The fraction of sp³-hybridized carbons (Fsp3) is 0.222. The summed E-state index contributed by atoms with van der Waals surface area (Å²) in [5, 5.41) is 9.14. The van der Waals surface area contributed by atoms with E-state index in [2.05, 4.69) is 4.72 Å². The summed E-state index contributed by atoms with van der Waals surface area (Å²) in [4.78, 5) is 13.9. The quantitative estimate of drug-likeness (QED) is 0.751. The van der Waals surface area contributed by atoms with E-state index >= 15 is 0 Å². The van der Waals surface area contributed by atoms with Crippen molar-refractivity contribution in [1.29, 1.82) is 5.26 Å². The van der Waals surface area contributed by atoms with Crippen molar-refractivity contribution >= 4 is 44.8 Å². The predicted octanol–water partition coefficient (Wildman–Crippen LogP) is 4.17. The van der Waals surface area contributed by atoms with E-state index in [0.717, 1.165) is 0 Å². The van der Waals surface area contributed by atoms with E-state index in [1.165, 1.54) is 35.2 Å². The summed E-state index contributed by atoms with van der Waals surface area (Å²) < 4.78 is 27.5. The number of benzene rings is 2. The van der Waals surface area contributed by atoms with Crippen LogP contribution in [-0.4, -0.2) is 32.3 Å². The summed E-state index contributed by atoms with van der Waals surface area (Å²) in [5.74, 6) is -0.312. The van der Waals surface area contributed by atoms with Crippen LogP contribution in [0.4, 0.5) is 5.69 Å². The van der Waals surface area contributed by atoms with Crippen LogP contribution in [0.1, 0.15) is 23.7 Å². The molecule has 27 heavy (non-hydrogen) atoms. The molecule has 2 aromatic rings. The molecule has 142 valence electrons. The average Bonchev–Trinajstić information content (AvgIpc) is 2.62. The van der Waals surface area contributed by atoms with E-state index in [9.17, 15) is 13.2 Å². The fourth-order valence-corrected chi connectivity index (χ4v) is 3.68. The minimum Gasteiger partial charge on any atom is -0.338 e. The maximum atomic E-state index is 12.5. The Morgan fingerprint density at radius 3 is 2.56 bits per heavy atom. The molecule has 9 heteroatoms. The molecular formula is C18H17Cl2N3O3S. The normalized spacial score (nSPS) is 12.1. The van der Waals surface area contributed by atoms with Crippen molar-refractivity contribution in [3.63, 3.8) is 0 Å². The van der Waals surface area contributed by atoms with Crippen molar-refractivity contribution in [2.45, 2.75) is 24.3 Å². The molecule has 0 fully saturated rings. The van der Waals surface area contributed by atoms with Crippen molar-refractivity contribution in [2.24, 2.45) is 0 Å². The number of nitriles is 1. The van der Waals surface area contributed by atoms with Gasteiger partial charge in [0.2, 0.25) is 0 Å². The Labute approximate surface area is 168 Å². The van der Waals surface area contributed by atoms with Gasteiger partial charge in [0.25, 0.3) is 15.9 Å². The van der Waals surface area contributed by atoms with Crippen LogP contribution in [0.2, 0.25) is 10.0 Å². The molecule has 0 aliphatic heterocycles. The molecule has 1 N–H and O–H groups in total. The summed E-state index contributed by atoms with van der Waals surface area (Å²) >= 11 is 11.7. The van der Waals surface area contributed by atoms with E-state index in [1.54, 1.807) is 26.1 Å². The standard InChI is InChI=1S/C18H17Cl2N3O3S/c1-12(8-9-21)23(2)18(24)13-4-3-5-14(10-13)22-27(25,26)15-6-7-16(19)17(20)11-15/h3-7,10-12,22H,8H2,1-2H3. The van der Waals surface area contributed by atoms with E-state index < -0.39 is 10.0 Å². The Balaban J connectivity index is 2.26. The number of sulfonamides is 1. The van der Waals surface area contributed by atoms with Crippen molar-refractivity contribution in [3.8, 4) is 6.07 Å². The smallest absolute Gasteiger partial charge is 0.261 e. The highest BCUT2D eigenvalue weighted by Gasteiger charge is 2.19. The lowest BCUT2D eigenvalue weighted by molar-refractivity contribution is 0.0746. The lowest BCUT2D eigenvalue weighted by atomic mass is 10.1. The number of nitrogens with zero attached hydrogens (tertiary/aromatic N) is 2. The Hall–Kier alpha value is -2.27. The summed E-state index contributed by atoms with van der Waals surface area (Å²) in [6.07, 6.45) is 0.200. The van der Waals surface area contributed by atoms with Crippen LogP contribution in [0.25, 0.3) is 0 Å². The summed E-state index contributed by atoms with van der Waals surface area (Å²) in [5.41, 5.74) is 0.532. The Bertz CT molecular complexity index is 1000. The fourth-order valence-electron chi connectivity index (χ4n) is 2.25. The SMILES string of the molecule is CC(CC#N)N(C)C(=O)c1cccc(NS(=O)(=O)c2ccc(Cl)c(Cl)c2)c1. The molecule has 6 nitrogen and oxygen atoms in total. The first-order valence-corrected chi connectivity index (χ1v) is 10.1. The van der Waals surface area contributed by atoms with Crippen molar-refractivity contribution in [1.82, 2.24) is 4.90 Å². The number of carbonyl (C=O) groups is 1. The second kappa shape index (κ2) is 8.61. The first kappa shape index (κ1) is 21.0. The van der Waals surface area contributed by atoms with Crippen molar-refractivity contribution < 1.29 is 13.2 Å². The monoisotopic (exact) mass is 425 g/mol. The molecule has 0 aliphatic carbocycles. The van der Waals surface area contributed by atoms with E-state index in [4.69, 9.17) is 28.5 Å². The van der Waals surface area contributed by atoms with Gasteiger partial charge >= 0.3 is 0 Å². The summed E-state index contributed by atoms with van der Waals surface area (Å²) in [6.45, 7) is 1.76. The molecule has 1 atom stereocenters. The average molecular weight is 426 g/mol. The highest BCUT2D eigenvalue weighted by atomic mass is 35.5. The van der Waals surface area contributed by atoms with Gasteiger partial charge in [0.15, 0.2) is 0 Å². The van der Waals surface area contributed by atoms with Gasteiger partial charge in [0.1, 0.15) is 0 Å². The Morgan fingerprint density at radius 2 is 1.93 bits per heavy atom. The number of nitrogens with one attached hydrogen (secondary N) is 1. The van der Waals surface area contributed by atoms with Crippen LogP contribution in [0.15, 0.2) is 47.4 Å². The van der Waals surface area contributed by atoms with Gasteiger partial charge in [0.05, 0.1) is 27.4 Å². The molecule has 0 radical (unpaired) electrons. The number of anilines is 1. The van der Waals surface area contributed by atoms with Gasteiger partial charge in [0, 0.05) is 24.3 Å². The first-order valence-electron chi connectivity index (χ1n) is 7.87. The zero-order chi connectivity index (χ0) is 20.2. The largest absolute Gasteiger partial charge is 0.338 e. The topological polar surface area (TPSA) is 90.3 Å². The lowest BCUT2D eigenvalue weighted by Crippen LogP contribution is -2.34. The zero-order valence-electron chi connectivity index (χ0n) is 14.6. The van der Waals surface area contributed by atoms with Gasteiger partial charge in [-0.2, -0.15) is 5.26 Å². The number of hydrogen-bond acceptors (Lipinski definition) is 4. The number of rotatable bonds is 6. The Kier molecular flexibility index (Phi) is 6.71. The van der Waals surface area contributed by atoms with E-state index in [0.29, 0.717) is 5.56 Å². The second-order valence-corrected chi connectivity index (χ2v) is 8.39. The summed E-state index contributed by atoms with van der Waals surface area (Å²) in [7, 11) is -2.31. The molecule has 2 rings (SSSR count).